The molecule has 19 heavy (non-hydrogen) atoms. The quantitative estimate of drug-likeness (QED) is 0.818. The molecule has 1 aromatic rings. The van der Waals surface area contributed by atoms with E-state index in [1.165, 1.54) is 0 Å². The van der Waals surface area contributed by atoms with E-state index in [1.54, 1.807) is 12.4 Å². The topological polar surface area (TPSA) is 54.5 Å². The van der Waals surface area contributed by atoms with Gasteiger partial charge in [0, 0.05) is 25.5 Å². The zero-order valence-corrected chi connectivity index (χ0v) is 11.1. The maximum Gasteiger partial charge on any atom is 0.240 e. The number of piperazine rings is 1. The molecule has 5 heteroatoms. The van der Waals surface area contributed by atoms with E-state index in [-0.39, 0.29) is 5.91 Å². The third kappa shape index (κ3) is 2.21. The van der Waals surface area contributed by atoms with Crippen LogP contribution in [0.15, 0.2) is 24.5 Å². The van der Waals surface area contributed by atoms with Gasteiger partial charge in [-0.15, -0.1) is 0 Å². The second-order valence-electron chi connectivity index (χ2n) is 5.33. The summed E-state index contributed by atoms with van der Waals surface area (Å²) in [5.74, 6) is 0.869. The molecular formula is C14H17N3O2. The zero-order chi connectivity index (χ0) is 13.5. The van der Waals surface area contributed by atoms with E-state index in [1.807, 2.05) is 30.9 Å². The average Bonchev–Trinajstić information content (AvgIpc) is 2.37. The smallest absolute Gasteiger partial charge is 0.240 e. The van der Waals surface area contributed by atoms with Gasteiger partial charge in [-0.1, -0.05) is 0 Å². The van der Waals surface area contributed by atoms with E-state index in [0.29, 0.717) is 13.1 Å². The normalized spacial score (nSPS) is 21.5. The lowest BCUT2D eigenvalue weighted by Crippen LogP contribution is -2.48. The van der Waals surface area contributed by atoms with E-state index in [0.717, 1.165) is 23.6 Å². The molecule has 5 nitrogen and oxygen atoms in total. The van der Waals surface area contributed by atoms with Crippen molar-refractivity contribution < 1.29 is 9.53 Å². The predicted molar refractivity (Wildman–Crippen MR) is 71.5 cm³/mol. The minimum Gasteiger partial charge on any atom is -0.483 e. The van der Waals surface area contributed by atoms with Crippen molar-refractivity contribution >= 4 is 11.6 Å². The first kappa shape index (κ1) is 12.2. The summed E-state index contributed by atoms with van der Waals surface area (Å²) in [5.41, 5.74) is 1.37. The van der Waals surface area contributed by atoms with Crippen LogP contribution < -0.4 is 10.1 Å². The number of aromatic nitrogens is 1. The molecule has 1 N–H and O–H groups in total. The van der Waals surface area contributed by atoms with Crippen LogP contribution in [-0.2, 0) is 4.79 Å². The molecule has 0 aliphatic carbocycles. The highest BCUT2D eigenvalue weighted by Gasteiger charge is 2.32. The van der Waals surface area contributed by atoms with Crippen LogP contribution in [0, 0.1) is 0 Å². The first-order valence-corrected chi connectivity index (χ1v) is 6.44. The Labute approximate surface area is 112 Å². The lowest BCUT2D eigenvalue weighted by molar-refractivity contribution is -0.128. The van der Waals surface area contributed by atoms with Gasteiger partial charge in [0.25, 0.3) is 0 Å². The van der Waals surface area contributed by atoms with E-state index in [4.69, 9.17) is 4.74 Å². The molecule has 0 unspecified atom stereocenters. The monoisotopic (exact) mass is 259 g/mol. The van der Waals surface area contributed by atoms with Crippen molar-refractivity contribution in [3.63, 3.8) is 0 Å². The SMILES string of the molecule is CC1(C)C=C(N2CCNCC2=O)c2cnccc2O1. The maximum absolute atomic E-state index is 12.1. The molecule has 3 heterocycles. The van der Waals surface area contributed by atoms with E-state index < -0.39 is 5.60 Å². The highest BCUT2D eigenvalue weighted by atomic mass is 16.5. The van der Waals surface area contributed by atoms with Gasteiger partial charge in [-0.25, -0.2) is 0 Å². The fourth-order valence-corrected chi connectivity index (χ4v) is 2.47. The van der Waals surface area contributed by atoms with Crippen LogP contribution in [0.3, 0.4) is 0 Å². The minimum absolute atomic E-state index is 0.0880. The molecule has 0 spiro atoms. The summed E-state index contributed by atoms with van der Waals surface area (Å²) in [4.78, 5) is 18.0. The van der Waals surface area contributed by atoms with Gasteiger partial charge in [0.2, 0.25) is 5.91 Å². The van der Waals surface area contributed by atoms with Crippen LogP contribution in [0.1, 0.15) is 19.4 Å². The molecule has 3 rings (SSSR count). The number of rotatable bonds is 1. The van der Waals surface area contributed by atoms with Crippen molar-refractivity contribution in [2.75, 3.05) is 19.6 Å². The Hall–Kier alpha value is -1.88. The Kier molecular flexibility index (Phi) is 2.78. The summed E-state index contributed by atoms with van der Waals surface area (Å²) in [6.45, 7) is 5.84. The van der Waals surface area contributed by atoms with Crippen molar-refractivity contribution in [2.24, 2.45) is 0 Å². The number of hydrogen-bond donors (Lipinski definition) is 1. The van der Waals surface area contributed by atoms with Gasteiger partial charge in [-0.05, 0) is 26.0 Å². The fourth-order valence-electron chi connectivity index (χ4n) is 2.47. The van der Waals surface area contributed by atoms with Gasteiger partial charge in [0.1, 0.15) is 11.4 Å². The second kappa shape index (κ2) is 4.35. The standard InChI is InChI=1S/C14H17N3O2/c1-14(2)7-11(17-6-5-16-9-13(17)18)10-8-15-4-3-12(10)19-14/h3-4,7-8,16H,5-6,9H2,1-2H3. The third-order valence-electron chi connectivity index (χ3n) is 3.29. The lowest BCUT2D eigenvalue weighted by atomic mass is 9.99. The molecule has 1 amide bonds. The Morgan fingerprint density at radius 1 is 1.47 bits per heavy atom. The summed E-state index contributed by atoms with van der Waals surface area (Å²) in [6.07, 6.45) is 5.46. The molecule has 2 aliphatic heterocycles. The molecule has 1 saturated heterocycles. The lowest BCUT2D eigenvalue weighted by Gasteiger charge is -2.36. The minimum atomic E-state index is -0.422. The zero-order valence-electron chi connectivity index (χ0n) is 11.1. The van der Waals surface area contributed by atoms with E-state index in [2.05, 4.69) is 10.3 Å². The molecule has 2 aliphatic rings. The summed E-state index contributed by atoms with van der Waals surface area (Å²) in [7, 11) is 0. The number of carbonyl (C=O) groups excluding carboxylic acids is 1. The summed E-state index contributed by atoms with van der Waals surface area (Å²) < 4.78 is 5.91. The van der Waals surface area contributed by atoms with Gasteiger partial charge < -0.3 is 15.0 Å². The highest BCUT2D eigenvalue weighted by molar-refractivity contribution is 5.90. The van der Waals surface area contributed by atoms with E-state index >= 15 is 0 Å². The van der Waals surface area contributed by atoms with Gasteiger partial charge in [0.15, 0.2) is 0 Å². The maximum atomic E-state index is 12.1. The van der Waals surface area contributed by atoms with E-state index in [9.17, 15) is 4.79 Å². The average molecular weight is 259 g/mol. The highest BCUT2D eigenvalue weighted by Crippen LogP contribution is 2.37. The summed E-state index contributed by atoms with van der Waals surface area (Å²) in [5, 5.41) is 3.08. The number of nitrogens with one attached hydrogen (secondary N) is 1. The second-order valence-corrected chi connectivity index (χ2v) is 5.33. The Bertz CT molecular complexity index is 551. The fraction of sp³-hybridized carbons (Fsp3) is 0.429. The molecular weight excluding hydrogens is 242 g/mol. The molecule has 0 radical (unpaired) electrons. The van der Waals surface area contributed by atoms with Crippen molar-refractivity contribution in [1.82, 2.24) is 15.2 Å². The number of nitrogens with zero attached hydrogens (tertiary/aromatic N) is 2. The molecule has 0 aromatic carbocycles. The number of fused-ring (bicyclic) bond motifs is 1. The third-order valence-corrected chi connectivity index (χ3v) is 3.29. The van der Waals surface area contributed by atoms with Crippen molar-refractivity contribution in [3.8, 4) is 5.75 Å². The largest absolute Gasteiger partial charge is 0.483 e. The molecule has 100 valence electrons. The van der Waals surface area contributed by atoms with Crippen LogP contribution in [0.25, 0.3) is 5.70 Å². The first-order chi connectivity index (χ1) is 9.07. The van der Waals surface area contributed by atoms with Crippen LogP contribution in [0.5, 0.6) is 5.75 Å². The summed E-state index contributed by atoms with van der Waals surface area (Å²) in [6, 6.07) is 1.84. The summed E-state index contributed by atoms with van der Waals surface area (Å²) >= 11 is 0. The van der Waals surface area contributed by atoms with Gasteiger partial charge in [-0.2, -0.15) is 0 Å². The molecule has 0 bridgehead atoms. The molecule has 0 atom stereocenters. The van der Waals surface area contributed by atoms with Crippen molar-refractivity contribution in [1.29, 1.82) is 0 Å². The molecule has 0 saturated carbocycles. The molecule has 1 aromatic heterocycles. The number of pyridine rings is 1. The van der Waals surface area contributed by atoms with Crippen molar-refractivity contribution in [2.45, 2.75) is 19.4 Å². The Balaban J connectivity index is 2.06. The van der Waals surface area contributed by atoms with Crippen molar-refractivity contribution in [3.05, 3.63) is 30.1 Å². The van der Waals surface area contributed by atoms with Gasteiger partial charge in [0.05, 0.1) is 17.8 Å². The van der Waals surface area contributed by atoms with Gasteiger partial charge in [-0.3, -0.25) is 9.78 Å². The number of carbonyl (C=O) groups is 1. The first-order valence-electron chi connectivity index (χ1n) is 6.44. The van der Waals surface area contributed by atoms with Crippen LogP contribution in [-0.4, -0.2) is 41.0 Å². The number of amides is 1. The van der Waals surface area contributed by atoms with Gasteiger partial charge >= 0.3 is 0 Å². The van der Waals surface area contributed by atoms with Crippen LogP contribution in [0.4, 0.5) is 0 Å². The predicted octanol–water partition coefficient (Wildman–Crippen LogP) is 1.03. The number of ether oxygens (including phenoxy) is 1. The molecule has 1 fully saturated rings. The Morgan fingerprint density at radius 2 is 2.32 bits per heavy atom. The Morgan fingerprint density at radius 3 is 3.11 bits per heavy atom. The van der Waals surface area contributed by atoms with Crippen LogP contribution >= 0.6 is 0 Å². The van der Waals surface area contributed by atoms with Crippen LogP contribution in [0.2, 0.25) is 0 Å². The number of hydrogen-bond acceptors (Lipinski definition) is 4.